The Balaban J connectivity index is 2.07. The summed E-state index contributed by atoms with van der Waals surface area (Å²) in [7, 11) is 0. The van der Waals surface area contributed by atoms with Crippen molar-refractivity contribution in [1.82, 2.24) is 9.97 Å². The first-order valence-corrected chi connectivity index (χ1v) is 6.03. The highest BCUT2D eigenvalue weighted by Crippen LogP contribution is 2.26. The third kappa shape index (κ3) is 2.62. The van der Waals surface area contributed by atoms with Gasteiger partial charge in [-0.05, 0) is 25.7 Å². The Morgan fingerprint density at radius 2 is 2.06 bits per heavy atom. The summed E-state index contributed by atoms with van der Waals surface area (Å²) in [4.78, 5) is 8.43. The van der Waals surface area contributed by atoms with Gasteiger partial charge in [0.1, 0.15) is 17.5 Å². The Bertz CT molecular complexity index is 344. The highest BCUT2D eigenvalue weighted by Gasteiger charge is 2.21. The molecule has 1 aromatic rings. The molecule has 4 nitrogen and oxygen atoms in total. The lowest BCUT2D eigenvalue weighted by Gasteiger charge is -2.29. The molecular formula is C12H20N4. The van der Waals surface area contributed by atoms with E-state index in [1.165, 1.54) is 25.7 Å². The van der Waals surface area contributed by atoms with E-state index in [4.69, 9.17) is 5.73 Å². The van der Waals surface area contributed by atoms with Crippen LogP contribution in [0.3, 0.4) is 0 Å². The van der Waals surface area contributed by atoms with E-state index in [-0.39, 0.29) is 0 Å². The number of aryl methyl sites for hydroxylation is 1. The standard InChI is InChI=1S/C12H20N4/c1-8-5-3-4-6-10(8)16-12-7-11(13)14-9(2)15-12/h7-8,10H,3-6H2,1-2H3,(H3,13,14,15,16)/t8-,10+/m1/s1. The molecule has 1 aliphatic carbocycles. The number of hydrogen-bond acceptors (Lipinski definition) is 4. The zero-order chi connectivity index (χ0) is 11.5. The average Bonchev–Trinajstić information content (AvgIpc) is 2.20. The van der Waals surface area contributed by atoms with Gasteiger partial charge in [0.25, 0.3) is 0 Å². The Morgan fingerprint density at radius 3 is 2.75 bits per heavy atom. The van der Waals surface area contributed by atoms with Crippen molar-refractivity contribution >= 4 is 11.6 Å². The molecule has 0 aliphatic heterocycles. The van der Waals surface area contributed by atoms with Gasteiger partial charge in [0.2, 0.25) is 0 Å². The van der Waals surface area contributed by atoms with Crippen LogP contribution < -0.4 is 11.1 Å². The van der Waals surface area contributed by atoms with Gasteiger partial charge in [-0.1, -0.05) is 19.8 Å². The summed E-state index contributed by atoms with van der Waals surface area (Å²) in [5.74, 6) is 2.85. The van der Waals surface area contributed by atoms with E-state index in [1.807, 2.05) is 13.0 Å². The summed E-state index contributed by atoms with van der Waals surface area (Å²) in [6.07, 6.45) is 5.19. The van der Waals surface area contributed by atoms with Crippen LogP contribution in [0.4, 0.5) is 11.6 Å². The minimum absolute atomic E-state index is 0.530. The third-order valence-electron chi connectivity index (χ3n) is 3.30. The second-order valence-electron chi connectivity index (χ2n) is 4.74. The fourth-order valence-corrected chi connectivity index (χ4v) is 2.39. The lowest BCUT2D eigenvalue weighted by Crippen LogP contribution is -2.30. The maximum absolute atomic E-state index is 5.71. The van der Waals surface area contributed by atoms with Crippen LogP contribution in [0.25, 0.3) is 0 Å². The Hall–Kier alpha value is -1.32. The lowest BCUT2D eigenvalue weighted by molar-refractivity contribution is 0.349. The van der Waals surface area contributed by atoms with Gasteiger partial charge in [-0.2, -0.15) is 0 Å². The predicted molar refractivity (Wildman–Crippen MR) is 66.2 cm³/mol. The molecule has 0 bridgehead atoms. The number of aromatic nitrogens is 2. The number of rotatable bonds is 2. The smallest absolute Gasteiger partial charge is 0.132 e. The minimum Gasteiger partial charge on any atom is -0.384 e. The van der Waals surface area contributed by atoms with Crippen molar-refractivity contribution in [3.63, 3.8) is 0 Å². The predicted octanol–water partition coefficient (Wildman–Crippen LogP) is 2.36. The number of nitrogens with one attached hydrogen (secondary N) is 1. The summed E-state index contributed by atoms with van der Waals surface area (Å²) < 4.78 is 0. The van der Waals surface area contributed by atoms with Gasteiger partial charge in [-0.25, -0.2) is 9.97 Å². The van der Waals surface area contributed by atoms with E-state index in [1.54, 1.807) is 0 Å². The lowest BCUT2D eigenvalue weighted by atomic mass is 9.86. The van der Waals surface area contributed by atoms with Crippen LogP contribution in [0.15, 0.2) is 6.07 Å². The van der Waals surface area contributed by atoms with Crippen molar-refractivity contribution in [2.45, 2.75) is 45.6 Å². The number of nitrogen functional groups attached to an aromatic ring is 1. The molecule has 3 N–H and O–H groups in total. The molecule has 0 spiro atoms. The van der Waals surface area contributed by atoms with Gasteiger partial charge < -0.3 is 11.1 Å². The van der Waals surface area contributed by atoms with Gasteiger partial charge in [0.15, 0.2) is 0 Å². The van der Waals surface area contributed by atoms with Crippen molar-refractivity contribution in [3.05, 3.63) is 11.9 Å². The molecule has 1 heterocycles. The topological polar surface area (TPSA) is 63.8 Å². The van der Waals surface area contributed by atoms with Crippen molar-refractivity contribution < 1.29 is 0 Å². The van der Waals surface area contributed by atoms with Crippen LogP contribution in [0.2, 0.25) is 0 Å². The van der Waals surface area contributed by atoms with Crippen molar-refractivity contribution in [2.75, 3.05) is 11.1 Å². The zero-order valence-corrected chi connectivity index (χ0v) is 10.0. The third-order valence-corrected chi connectivity index (χ3v) is 3.30. The van der Waals surface area contributed by atoms with Gasteiger partial charge >= 0.3 is 0 Å². The molecule has 1 aliphatic rings. The van der Waals surface area contributed by atoms with Crippen LogP contribution in [0, 0.1) is 12.8 Å². The van der Waals surface area contributed by atoms with E-state index >= 15 is 0 Å². The van der Waals surface area contributed by atoms with Gasteiger partial charge in [-0.3, -0.25) is 0 Å². The highest BCUT2D eigenvalue weighted by molar-refractivity contribution is 5.45. The van der Waals surface area contributed by atoms with Gasteiger partial charge in [0.05, 0.1) is 0 Å². The van der Waals surface area contributed by atoms with Crippen LogP contribution in [0.5, 0.6) is 0 Å². The Labute approximate surface area is 96.7 Å². The largest absolute Gasteiger partial charge is 0.384 e. The summed E-state index contributed by atoms with van der Waals surface area (Å²) in [5, 5.41) is 3.48. The van der Waals surface area contributed by atoms with Crippen molar-refractivity contribution in [1.29, 1.82) is 0 Å². The molecule has 0 radical (unpaired) electrons. The fraction of sp³-hybridized carbons (Fsp3) is 0.667. The van der Waals surface area contributed by atoms with Gasteiger partial charge in [-0.15, -0.1) is 0 Å². The SMILES string of the molecule is Cc1nc(N)cc(N[C@H]2CCCC[C@H]2C)n1. The molecule has 2 atom stereocenters. The molecule has 1 fully saturated rings. The van der Waals surface area contributed by atoms with Crippen LogP contribution in [0.1, 0.15) is 38.4 Å². The molecule has 4 heteroatoms. The van der Waals surface area contributed by atoms with Crippen LogP contribution >= 0.6 is 0 Å². The first kappa shape index (κ1) is 11.2. The monoisotopic (exact) mass is 220 g/mol. The van der Waals surface area contributed by atoms with Crippen LogP contribution in [-0.4, -0.2) is 16.0 Å². The second kappa shape index (κ2) is 4.68. The molecular weight excluding hydrogens is 200 g/mol. The number of nitrogens with zero attached hydrogens (tertiary/aromatic N) is 2. The highest BCUT2D eigenvalue weighted by atomic mass is 15.1. The molecule has 0 unspecified atom stereocenters. The summed E-state index contributed by atoms with van der Waals surface area (Å²) in [6.45, 7) is 4.17. The number of nitrogens with two attached hydrogens (primary N) is 1. The molecule has 0 saturated heterocycles. The maximum atomic E-state index is 5.71. The van der Waals surface area contributed by atoms with E-state index in [0.717, 1.165) is 11.6 Å². The van der Waals surface area contributed by atoms with E-state index in [9.17, 15) is 0 Å². The van der Waals surface area contributed by atoms with Crippen LogP contribution in [-0.2, 0) is 0 Å². The fourth-order valence-electron chi connectivity index (χ4n) is 2.39. The van der Waals surface area contributed by atoms with E-state index in [0.29, 0.717) is 17.8 Å². The molecule has 1 saturated carbocycles. The number of hydrogen-bond donors (Lipinski definition) is 2. The molecule has 16 heavy (non-hydrogen) atoms. The van der Waals surface area contributed by atoms with Gasteiger partial charge in [0, 0.05) is 12.1 Å². The molecule has 1 aromatic heterocycles. The maximum Gasteiger partial charge on any atom is 0.132 e. The first-order valence-electron chi connectivity index (χ1n) is 6.03. The summed E-state index contributed by atoms with van der Waals surface area (Å²) in [5.41, 5.74) is 5.71. The van der Waals surface area contributed by atoms with Crippen molar-refractivity contribution in [2.24, 2.45) is 5.92 Å². The summed E-state index contributed by atoms with van der Waals surface area (Å²) >= 11 is 0. The number of anilines is 2. The van der Waals surface area contributed by atoms with E-state index in [2.05, 4.69) is 22.2 Å². The normalized spacial score (nSPS) is 25.4. The minimum atomic E-state index is 0.530. The average molecular weight is 220 g/mol. The van der Waals surface area contributed by atoms with Crippen molar-refractivity contribution in [3.8, 4) is 0 Å². The quantitative estimate of drug-likeness (QED) is 0.803. The molecule has 2 rings (SSSR count). The summed E-state index contributed by atoms with van der Waals surface area (Å²) in [6, 6.07) is 2.34. The molecule has 0 amide bonds. The van der Waals surface area contributed by atoms with E-state index < -0.39 is 0 Å². The zero-order valence-electron chi connectivity index (χ0n) is 10.0. The first-order chi connectivity index (χ1) is 7.65. The molecule has 88 valence electrons. The Morgan fingerprint density at radius 1 is 1.31 bits per heavy atom. The molecule has 0 aromatic carbocycles. The second-order valence-corrected chi connectivity index (χ2v) is 4.74. The Kier molecular flexibility index (Phi) is 3.27.